The first-order valence-corrected chi connectivity index (χ1v) is 18.9. The molecule has 14 nitrogen and oxygen atoms in total. The summed E-state index contributed by atoms with van der Waals surface area (Å²) in [7, 11) is 0. The number of hydrogen-bond acceptors (Lipinski definition) is 11. The maximum atomic E-state index is 13.8. The number of morpholine rings is 1. The molecule has 14 heteroatoms. The second-order valence-electron chi connectivity index (χ2n) is 13.3. The minimum atomic E-state index is -0.227. The number of carbonyl (C=O) groups excluding carboxylic acids is 2. The predicted octanol–water partition coefficient (Wildman–Crippen LogP) is 2.34. The molecule has 0 radical (unpaired) electrons. The van der Waals surface area contributed by atoms with Gasteiger partial charge in [-0.1, -0.05) is 43.7 Å². The molecule has 0 bridgehead atoms. The van der Waals surface area contributed by atoms with Crippen molar-refractivity contribution in [1.29, 1.82) is 0 Å². The van der Waals surface area contributed by atoms with Crippen LogP contribution in [0.5, 0.6) is 0 Å². The number of aromatic nitrogens is 2. The Morgan fingerprint density at radius 3 is 1.94 bits per heavy atom. The number of nitrogens with zero attached hydrogens (tertiary/aromatic N) is 5. The molecule has 2 aromatic carbocycles. The molecule has 0 aliphatic carbocycles. The summed E-state index contributed by atoms with van der Waals surface area (Å²) in [5, 5.41) is 3.58. The maximum absolute atomic E-state index is 13.8. The molecule has 290 valence electrons. The summed E-state index contributed by atoms with van der Waals surface area (Å²) in [5.74, 6) is 0.327. The van der Waals surface area contributed by atoms with E-state index in [1.165, 1.54) is 4.57 Å². The number of rotatable bonds is 9. The molecule has 53 heavy (non-hydrogen) atoms. The average molecular weight is 737 g/mol. The standard InChI is InChI=1S/C39H56N6O8/c1-3-7-32-9-4-5-11-34(32)40-36(46)29-43-14-20-52-26-24-50-18-12-42(13-19-51-25-27-53-21-15-43)28-35-41-38-31(2)8-6-10-33(38)39(48)45(35)30-37(47)44-16-22-49-23-17-44/h4-6,8-11H,3,7,12-30H2,1-2H3,(H,40,46). The molecule has 2 aliphatic heterocycles. The number of benzene rings is 2. The second-order valence-corrected chi connectivity index (χ2v) is 13.3. The smallest absolute Gasteiger partial charge is 0.261 e. The highest BCUT2D eigenvalue weighted by atomic mass is 16.5. The molecule has 0 spiro atoms. The van der Waals surface area contributed by atoms with Crippen LogP contribution in [0.4, 0.5) is 5.69 Å². The molecule has 1 N–H and O–H groups in total. The zero-order valence-corrected chi connectivity index (χ0v) is 31.4. The van der Waals surface area contributed by atoms with E-state index in [0.29, 0.717) is 129 Å². The van der Waals surface area contributed by atoms with Crippen LogP contribution < -0.4 is 10.9 Å². The number of amides is 2. The van der Waals surface area contributed by atoms with Gasteiger partial charge in [0.2, 0.25) is 11.8 Å². The highest BCUT2D eigenvalue weighted by molar-refractivity contribution is 5.93. The predicted molar refractivity (Wildman–Crippen MR) is 202 cm³/mol. The van der Waals surface area contributed by atoms with Gasteiger partial charge in [0.25, 0.3) is 5.56 Å². The summed E-state index contributed by atoms with van der Waals surface area (Å²) in [6, 6.07) is 13.5. The lowest BCUT2D eigenvalue weighted by molar-refractivity contribution is -0.136. The van der Waals surface area contributed by atoms with Crippen LogP contribution in [0.1, 0.15) is 30.3 Å². The molecule has 1 aromatic heterocycles. The Hall–Kier alpha value is -3.76. The monoisotopic (exact) mass is 736 g/mol. The zero-order chi connectivity index (χ0) is 37.3. The largest absolute Gasteiger partial charge is 0.378 e. The number of carbonyl (C=O) groups is 2. The first-order chi connectivity index (χ1) is 25.9. The van der Waals surface area contributed by atoms with Gasteiger partial charge < -0.3 is 33.9 Å². The Balaban J connectivity index is 1.18. The molecular formula is C39H56N6O8. The van der Waals surface area contributed by atoms with Crippen LogP contribution in [0.3, 0.4) is 0 Å². The van der Waals surface area contributed by atoms with E-state index < -0.39 is 0 Å². The summed E-state index contributed by atoms with van der Waals surface area (Å²) in [4.78, 5) is 51.1. The lowest BCUT2D eigenvalue weighted by Crippen LogP contribution is -2.44. The van der Waals surface area contributed by atoms with Gasteiger partial charge in [-0.05, 0) is 36.6 Å². The summed E-state index contributed by atoms with van der Waals surface area (Å²) >= 11 is 0. The van der Waals surface area contributed by atoms with E-state index in [9.17, 15) is 14.4 Å². The Morgan fingerprint density at radius 1 is 0.717 bits per heavy atom. The number of anilines is 1. The number of fused-ring (bicyclic) bond motifs is 1. The van der Waals surface area contributed by atoms with Gasteiger partial charge >= 0.3 is 0 Å². The van der Waals surface area contributed by atoms with E-state index in [4.69, 9.17) is 28.7 Å². The van der Waals surface area contributed by atoms with E-state index in [2.05, 4.69) is 23.2 Å². The topological polar surface area (TPSA) is 137 Å². The van der Waals surface area contributed by atoms with Gasteiger partial charge in [0.1, 0.15) is 12.4 Å². The minimum Gasteiger partial charge on any atom is -0.378 e. The Morgan fingerprint density at radius 2 is 1.30 bits per heavy atom. The number of hydrogen-bond donors (Lipinski definition) is 1. The van der Waals surface area contributed by atoms with Crippen molar-refractivity contribution in [2.24, 2.45) is 0 Å². The van der Waals surface area contributed by atoms with Crippen molar-refractivity contribution in [2.75, 3.05) is 117 Å². The highest BCUT2D eigenvalue weighted by Crippen LogP contribution is 2.17. The van der Waals surface area contributed by atoms with Crippen molar-refractivity contribution in [2.45, 2.75) is 39.8 Å². The third-order valence-corrected chi connectivity index (χ3v) is 9.42. The van der Waals surface area contributed by atoms with Crippen molar-refractivity contribution in [1.82, 2.24) is 24.3 Å². The fourth-order valence-electron chi connectivity index (χ4n) is 6.44. The first kappa shape index (κ1) is 40.4. The number of ether oxygens (including phenoxy) is 5. The third-order valence-electron chi connectivity index (χ3n) is 9.42. The van der Waals surface area contributed by atoms with E-state index in [1.54, 1.807) is 11.0 Å². The van der Waals surface area contributed by atoms with Crippen LogP contribution >= 0.6 is 0 Å². The van der Waals surface area contributed by atoms with Gasteiger partial charge in [-0.2, -0.15) is 0 Å². The lowest BCUT2D eigenvalue weighted by Gasteiger charge is -2.28. The molecule has 2 fully saturated rings. The summed E-state index contributed by atoms with van der Waals surface area (Å²) < 4.78 is 30.6. The van der Waals surface area contributed by atoms with Gasteiger partial charge in [0, 0.05) is 45.0 Å². The molecule has 0 unspecified atom stereocenters. The Bertz CT molecular complexity index is 1640. The second kappa shape index (κ2) is 21.8. The molecule has 0 atom stereocenters. The van der Waals surface area contributed by atoms with Crippen molar-refractivity contribution >= 4 is 28.4 Å². The fourth-order valence-corrected chi connectivity index (χ4v) is 6.44. The van der Waals surface area contributed by atoms with Crippen molar-refractivity contribution in [3.05, 3.63) is 69.8 Å². The van der Waals surface area contributed by atoms with Gasteiger partial charge in [-0.25, -0.2) is 4.98 Å². The summed E-state index contributed by atoms with van der Waals surface area (Å²) in [5.41, 5.74) is 3.31. The zero-order valence-electron chi connectivity index (χ0n) is 31.4. The van der Waals surface area contributed by atoms with Crippen molar-refractivity contribution < 1.29 is 33.3 Å². The number of nitrogens with one attached hydrogen (secondary N) is 1. The molecule has 2 amide bonds. The van der Waals surface area contributed by atoms with E-state index in [0.717, 1.165) is 29.7 Å². The number of aryl methyl sites for hydroxylation is 2. The summed E-state index contributed by atoms with van der Waals surface area (Å²) in [6.45, 7) is 12.2. The van der Waals surface area contributed by atoms with E-state index >= 15 is 0 Å². The van der Waals surface area contributed by atoms with E-state index in [-0.39, 0.29) is 30.5 Å². The van der Waals surface area contributed by atoms with Gasteiger partial charge in [-0.3, -0.25) is 28.8 Å². The van der Waals surface area contributed by atoms with Crippen LogP contribution in [-0.2, 0) is 52.8 Å². The highest BCUT2D eigenvalue weighted by Gasteiger charge is 2.22. The number of para-hydroxylation sites is 2. The van der Waals surface area contributed by atoms with Crippen LogP contribution in [0.2, 0.25) is 0 Å². The van der Waals surface area contributed by atoms with Crippen LogP contribution in [-0.4, -0.2) is 148 Å². The quantitative estimate of drug-likeness (QED) is 0.347. The normalized spacial score (nSPS) is 18.3. The van der Waals surface area contributed by atoms with Gasteiger partial charge in [-0.15, -0.1) is 0 Å². The molecular weight excluding hydrogens is 680 g/mol. The SMILES string of the molecule is CCCc1ccccc1NC(=O)CN1CCOCCOCCN(Cc2nc3c(C)cccc3c(=O)n2CC(=O)N2CCOCC2)CCOCCOCC1. The fraction of sp³-hybridized carbons (Fsp3) is 0.590. The van der Waals surface area contributed by atoms with Crippen LogP contribution in [0.15, 0.2) is 47.3 Å². The molecule has 5 rings (SSSR count). The van der Waals surface area contributed by atoms with E-state index in [1.807, 2.05) is 42.2 Å². The Labute approximate surface area is 312 Å². The maximum Gasteiger partial charge on any atom is 0.261 e. The molecule has 2 aliphatic rings. The average Bonchev–Trinajstić information content (AvgIpc) is 3.16. The van der Waals surface area contributed by atoms with Crippen LogP contribution in [0.25, 0.3) is 10.9 Å². The molecule has 0 saturated carbocycles. The molecule has 3 aromatic rings. The minimum absolute atomic E-state index is 0.0679. The summed E-state index contributed by atoms with van der Waals surface area (Å²) in [6.07, 6.45) is 1.91. The Kier molecular flexibility index (Phi) is 16.6. The van der Waals surface area contributed by atoms with Crippen molar-refractivity contribution in [3.8, 4) is 0 Å². The molecule has 2 saturated heterocycles. The van der Waals surface area contributed by atoms with Gasteiger partial charge in [0.15, 0.2) is 0 Å². The molecule has 3 heterocycles. The van der Waals surface area contributed by atoms with Crippen molar-refractivity contribution in [3.63, 3.8) is 0 Å². The van der Waals surface area contributed by atoms with Gasteiger partial charge in [0.05, 0.1) is 90.1 Å². The first-order valence-electron chi connectivity index (χ1n) is 18.9. The third kappa shape index (κ3) is 12.7. The lowest BCUT2D eigenvalue weighted by atomic mass is 10.1. The van der Waals surface area contributed by atoms with Crippen LogP contribution in [0, 0.1) is 6.92 Å².